The summed E-state index contributed by atoms with van der Waals surface area (Å²) < 4.78 is 5.36. The summed E-state index contributed by atoms with van der Waals surface area (Å²) in [6.07, 6.45) is -0.520. The third-order valence-electron chi connectivity index (χ3n) is 1.92. The lowest BCUT2D eigenvalue weighted by Crippen LogP contribution is -2.41. The van der Waals surface area contributed by atoms with E-state index in [1.807, 2.05) is 59.7 Å². The number of hydrogen-bond donors (Lipinski definition) is 0. The van der Waals surface area contributed by atoms with Crippen LogP contribution in [0.1, 0.15) is 41.5 Å². The van der Waals surface area contributed by atoms with Crippen molar-refractivity contribution in [3.63, 3.8) is 0 Å². The van der Waals surface area contributed by atoms with Gasteiger partial charge in [-0.1, -0.05) is 18.2 Å². The van der Waals surface area contributed by atoms with Crippen LogP contribution < -0.4 is 5.06 Å². The Morgan fingerprint density at radius 2 is 1.47 bits per heavy atom. The van der Waals surface area contributed by atoms with Crippen molar-refractivity contribution in [3.05, 3.63) is 30.3 Å². The zero-order valence-electron chi connectivity index (χ0n) is 12.6. The van der Waals surface area contributed by atoms with Gasteiger partial charge in [-0.25, -0.2) is 4.79 Å². The molecule has 0 bridgehead atoms. The standard InChI is InChI=1S/C15H23NO3/c1-14(2,3)18-13(17)16(19-15(4,5)6)12-10-8-7-9-11-12/h7-11H,1-6H3. The minimum atomic E-state index is -0.564. The SMILES string of the molecule is CC(C)(C)OC(=O)N(OC(C)(C)C)c1ccccc1. The molecule has 0 N–H and O–H groups in total. The first kappa shape index (κ1) is 15.5. The van der Waals surface area contributed by atoms with Crippen LogP contribution in [0.3, 0.4) is 0 Å². The Kier molecular flexibility index (Phi) is 4.58. The lowest BCUT2D eigenvalue weighted by atomic mass is 10.2. The number of carbonyl (C=O) groups excluding carboxylic acids is 1. The molecule has 0 saturated heterocycles. The minimum Gasteiger partial charge on any atom is -0.442 e. The summed E-state index contributed by atoms with van der Waals surface area (Å²) in [5.74, 6) is 0. The fraction of sp³-hybridized carbons (Fsp3) is 0.533. The summed E-state index contributed by atoms with van der Waals surface area (Å²) in [5, 5.41) is 1.20. The molecular formula is C15H23NO3. The molecule has 0 aromatic heterocycles. The highest BCUT2D eigenvalue weighted by molar-refractivity contribution is 5.85. The van der Waals surface area contributed by atoms with Gasteiger partial charge in [-0.2, -0.15) is 5.06 Å². The Morgan fingerprint density at radius 3 is 1.89 bits per heavy atom. The largest absolute Gasteiger partial charge is 0.442 e. The molecule has 1 amide bonds. The number of para-hydroxylation sites is 1. The second-order valence-electron chi connectivity index (χ2n) is 6.31. The molecule has 0 fully saturated rings. The van der Waals surface area contributed by atoms with Crippen molar-refractivity contribution in [2.24, 2.45) is 0 Å². The van der Waals surface area contributed by atoms with E-state index < -0.39 is 17.3 Å². The Bertz CT molecular complexity index is 415. The quantitative estimate of drug-likeness (QED) is 0.754. The van der Waals surface area contributed by atoms with Crippen molar-refractivity contribution < 1.29 is 14.4 Å². The molecule has 19 heavy (non-hydrogen) atoms. The fourth-order valence-electron chi connectivity index (χ4n) is 1.34. The normalized spacial score (nSPS) is 12.1. The number of nitrogens with zero attached hydrogens (tertiary/aromatic N) is 1. The highest BCUT2D eigenvalue weighted by Gasteiger charge is 2.28. The van der Waals surface area contributed by atoms with Gasteiger partial charge in [-0.3, -0.25) is 4.84 Å². The summed E-state index contributed by atoms with van der Waals surface area (Å²) in [6, 6.07) is 9.18. The predicted molar refractivity (Wildman–Crippen MR) is 76.0 cm³/mol. The topological polar surface area (TPSA) is 38.8 Å². The molecule has 0 heterocycles. The van der Waals surface area contributed by atoms with E-state index in [-0.39, 0.29) is 0 Å². The summed E-state index contributed by atoms with van der Waals surface area (Å²) in [5.41, 5.74) is -0.412. The van der Waals surface area contributed by atoms with Gasteiger partial charge in [0.2, 0.25) is 0 Å². The van der Waals surface area contributed by atoms with Crippen molar-refractivity contribution >= 4 is 11.8 Å². The van der Waals surface area contributed by atoms with Gasteiger partial charge in [-0.15, -0.1) is 0 Å². The van der Waals surface area contributed by atoms with Gasteiger partial charge in [0.15, 0.2) is 0 Å². The number of anilines is 1. The second kappa shape index (κ2) is 5.61. The van der Waals surface area contributed by atoms with Gasteiger partial charge in [0.1, 0.15) is 5.60 Å². The van der Waals surface area contributed by atoms with E-state index >= 15 is 0 Å². The first-order valence-electron chi connectivity index (χ1n) is 6.36. The van der Waals surface area contributed by atoms with Gasteiger partial charge in [0.25, 0.3) is 0 Å². The Hall–Kier alpha value is -1.55. The molecule has 4 nitrogen and oxygen atoms in total. The van der Waals surface area contributed by atoms with Gasteiger partial charge in [-0.05, 0) is 53.7 Å². The molecule has 1 aromatic carbocycles. The van der Waals surface area contributed by atoms with Crippen molar-refractivity contribution in [1.29, 1.82) is 0 Å². The first-order chi connectivity index (χ1) is 8.58. The number of rotatable bonds is 2. The maximum absolute atomic E-state index is 12.2. The number of carbonyl (C=O) groups is 1. The van der Waals surface area contributed by atoms with E-state index in [1.165, 1.54) is 5.06 Å². The van der Waals surface area contributed by atoms with Crippen LogP contribution in [0, 0.1) is 0 Å². The molecule has 0 atom stereocenters. The van der Waals surface area contributed by atoms with Crippen molar-refractivity contribution in [3.8, 4) is 0 Å². The number of hydroxylamine groups is 1. The number of benzene rings is 1. The molecule has 0 unspecified atom stereocenters. The summed E-state index contributed by atoms with van der Waals surface area (Å²) in [7, 11) is 0. The number of hydrogen-bond acceptors (Lipinski definition) is 3. The van der Waals surface area contributed by atoms with Crippen LogP contribution in [0.5, 0.6) is 0 Å². The van der Waals surface area contributed by atoms with Crippen LogP contribution in [-0.4, -0.2) is 17.3 Å². The molecule has 0 aliphatic rings. The highest BCUT2D eigenvalue weighted by atomic mass is 16.7. The Morgan fingerprint density at radius 1 is 0.947 bits per heavy atom. The van der Waals surface area contributed by atoms with E-state index in [0.717, 1.165) is 0 Å². The molecule has 1 rings (SSSR count). The third kappa shape index (κ3) is 5.75. The van der Waals surface area contributed by atoms with Crippen molar-refractivity contribution in [1.82, 2.24) is 0 Å². The molecule has 1 aromatic rings. The minimum absolute atomic E-state index is 0.493. The van der Waals surface area contributed by atoms with E-state index in [4.69, 9.17) is 9.57 Å². The van der Waals surface area contributed by atoms with Crippen molar-refractivity contribution in [2.75, 3.05) is 5.06 Å². The van der Waals surface area contributed by atoms with Gasteiger partial charge in [0.05, 0.1) is 11.3 Å². The highest BCUT2D eigenvalue weighted by Crippen LogP contribution is 2.22. The first-order valence-corrected chi connectivity index (χ1v) is 6.36. The van der Waals surface area contributed by atoms with Crippen molar-refractivity contribution in [2.45, 2.75) is 52.7 Å². The average Bonchev–Trinajstić information content (AvgIpc) is 2.23. The summed E-state index contributed by atoms with van der Waals surface area (Å²) in [4.78, 5) is 17.9. The van der Waals surface area contributed by atoms with Crippen LogP contribution in [0.4, 0.5) is 10.5 Å². The molecule has 0 radical (unpaired) electrons. The maximum atomic E-state index is 12.2. The third-order valence-corrected chi connectivity index (χ3v) is 1.92. The zero-order valence-corrected chi connectivity index (χ0v) is 12.6. The smallest absolute Gasteiger partial charge is 0.439 e. The molecule has 0 spiro atoms. The fourth-order valence-corrected chi connectivity index (χ4v) is 1.34. The van der Waals surface area contributed by atoms with Crippen LogP contribution in [-0.2, 0) is 9.57 Å². The van der Waals surface area contributed by atoms with Crippen LogP contribution in [0.2, 0.25) is 0 Å². The average molecular weight is 265 g/mol. The number of ether oxygens (including phenoxy) is 1. The molecular weight excluding hydrogens is 242 g/mol. The summed E-state index contributed by atoms with van der Waals surface area (Å²) in [6.45, 7) is 11.1. The van der Waals surface area contributed by atoms with E-state index in [9.17, 15) is 4.79 Å². The Labute approximate surface area is 115 Å². The lowest BCUT2D eigenvalue weighted by molar-refractivity contribution is -0.0355. The molecule has 0 saturated carbocycles. The van der Waals surface area contributed by atoms with E-state index in [2.05, 4.69) is 0 Å². The predicted octanol–water partition coefficient (Wildman–Crippen LogP) is 4.16. The van der Waals surface area contributed by atoms with Gasteiger partial charge >= 0.3 is 6.09 Å². The molecule has 4 heteroatoms. The van der Waals surface area contributed by atoms with Crippen LogP contribution in [0.25, 0.3) is 0 Å². The molecule has 106 valence electrons. The monoisotopic (exact) mass is 265 g/mol. The van der Waals surface area contributed by atoms with E-state index in [1.54, 1.807) is 12.1 Å². The Balaban J connectivity index is 2.97. The van der Waals surface area contributed by atoms with Crippen LogP contribution in [0.15, 0.2) is 30.3 Å². The maximum Gasteiger partial charge on any atom is 0.439 e. The lowest BCUT2D eigenvalue weighted by Gasteiger charge is -2.31. The molecule has 0 aliphatic heterocycles. The van der Waals surface area contributed by atoms with Gasteiger partial charge < -0.3 is 4.74 Å². The van der Waals surface area contributed by atoms with E-state index in [0.29, 0.717) is 5.69 Å². The number of amides is 1. The van der Waals surface area contributed by atoms with Crippen LogP contribution >= 0.6 is 0 Å². The zero-order chi connectivity index (χ0) is 14.7. The molecule has 0 aliphatic carbocycles. The second-order valence-corrected chi connectivity index (χ2v) is 6.31. The summed E-state index contributed by atoms with van der Waals surface area (Å²) >= 11 is 0. The van der Waals surface area contributed by atoms with Gasteiger partial charge in [0, 0.05) is 0 Å².